The number of hydrogen-bond donors (Lipinski definition) is 3. The van der Waals surface area contributed by atoms with Crippen molar-refractivity contribution in [3.8, 4) is 5.75 Å². The van der Waals surface area contributed by atoms with Crippen LogP contribution in [0.4, 0.5) is 5.69 Å². The third kappa shape index (κ3) is 7.12. The van der Waals surface area contributed by atoms with E-state index in [-0.39, 0.29) is 11.0 Å². The van der Waals surface area contributed by atoms with Crippen LogP contribution in [0.5, 0.6) is 5.75 Å². The molecule has 0 fully saturated rings. The van der Waals surface area contributed by atoms with Crippen molar-refractivity contribution >= 4 is 40.3 Å². The lowest BCUT2D eigenvalue weighted by atomic mass is 10.1. The minimum Gasteiger partial charge on any atom is -0.593 e. The Bertz CT molecular complexity index is 780. The smallest absolute Gasteiger partial charge is 0.257 e. The molecule has 1 atom stereocenters. The summed E-state index contributed by atoms with van der Waals surface area (Å²) in [5.41, 5.74) is 1.18. The van der Waals surface area contributed by atoms with E-state index in [1.165, 1.54) is 0 Å². The van der Waals surface area contributed by atoms with Gasteiger partial charge in [-0.2, -0.15) is 0 Å². The van der Waals surface area contributed by atoms with E-state index in [9.17, 15) is 9.35 Å². The lowest BCUT2D eigenvalue weighted by Gasteiger charge is -2.11. The highest BCUT2D eigenvalue weighted by molar-refractivity contribution is 7.89. The number of ether oxygens (including phenoxy) is 1. The van der Waals surface area contributed by atoms with E-state index in [2.05, 4.69) is 29.2 Å². The Morgan fingerprint density at radius 3 is 2.36 bits per heavy atom. The van der Waals surface area contributed by atoms with Crippen LogP contribution in [-0.2, 0) is 11.4 Å². The maximum Gasteiger partial charge on any atom is 0.257 e. The van der Waals surface area contributed by atoms with Gasteiger partial charge in [0.15, 0.2) is 10.0 Å². The third-order valence-electron chi connectivity index (χ3n) is 3.82. The van der Waals surface area contributed by atoms with Crippen molar-refractivity contribution in [2.75, 3.05) is 19.0 Å². The Morgan fingerprint density at radius 1 is 1.14 bits per heavy atom. The van der Waals surface area contributed by atoms with E-state index in [4.69, 9.17) is 17.0 Å². The topological polar surface area (TPSA) is 85.5 Å². The first-order chi connectivity index (χ1) is 13.4. The highest BCUT2D eigenvalue weighted by atomic mass is 32.2. The van der Waals surface area contributed by atoms with Gasteiger partial charge in [-0.1, -0.05) is 13.8 Å². The Labute approximate surface area is 174 Å². The molecule has 2 aromatic carbocycles. The molecular formula is C20H25N3O3S2. The zero-order chi connectivity index (χ0) is 20.5. The number of hydrogen-bond acceptors (Lipinski definition) is 5. The van der Waals surface area contributed by atoms with Crippen molar-refractivity contribution < 1.29 is 14.1 Å². The molecule has 1 amide bonds. The Kier molecular flexibility index (Phi) is 8.72. The van der Waals surface area contributed by atoms with Crippen LogP contribution in [0.1, 0.15) is 30.6 Å². The summed E-state index contributed by atoms with van der Waals surface area (Å²) in [6.07, 6.45) is 0.980. The maximum absolute atomic E-state index is 12.3. The molecule has 3 N–H and O–H groups in total. The molecule has 0 saturated heterocycles. The molecule has 0 aliphatic rings. The first-order valence-electron chi connectivity index (χ1n) is 8.93. The SMILES string of the molecule is CN[S+]([O-])c1ccc(NC(=S)NC(=O)c2ccc(OCCC(C)C)cc2)cc1. The highest BCUT2D eigenvalue weighted by Crippen LogP contribution is 2.15. The molecule has 1 unspecified atom stereocenters. The zero-order valence-electron chi connectivity index (χ0n) is 16.2. The summed E-state index contributed by atoms with van der Waals surface area (Å²) in [5, 5.41) is 5.76. The molecule has 0 bridgehead atoms. The summed E-state index contributed by atoms with van der Waals surface area (Å²) in [6, 6.07) is 13.9. The van der Waals surface area contributed by atoms with Crippen LogP contribution in [0, 0.1) is 5.92 Å². The number of carbonyl (C=O) groups excluding carboxylic acids is 1. The standard InChI is InChI=1S/C20H25N3O3S2/c1-14(2)12-13-26-17-8-4-15(5-9-17)19(24)23-20(27)22-16-6-10-18(11-7-16)28(25)21-3/h4-11,14,21H,12-13H2,1-3H3,(H2,22,23,24,27). The first-order valence-corrected chi connectivity index (χ1v) is 10.5. The summed E-state index contributed by atoms with van der Waals surface area (Å²) in [5.74, 6) is 1.01. The maximum atomic E-state index is 12.3. The van der Waals surface area contributed by atoms with Crippen LogP contribution in [0.3, 0.4) is 0 Å². The van der Waals surface area contributed by atoms with Gasteiger partial charge in [0, 0.05) is 18.3 Å². The van der Waals surface area contributed by atoms with Crippen molar-refractivity contribution in [3.05, 3.63) is 54.1 Å². The van der Waals surface area contributed by atoms with E-state index >= 15 is 0 Å². The van der Waals surface area contributed by atoms with Crippen molar-refractivity contribution in [1.82, 2.24) is 10.0 Å². The van der Waals surface area contributed by atoms with E-state index in [0.717, 1.165) is 12.2 Å². The van der Waals surface area contributed by atoms with Gasteiger partial charge in [0.1, 0.15) is 5.75 Å². The van der Waals surface area contributed by atoms with Gasteiger partial charge in [0.05, 0.1) is 18.0 Å². The van der Waals surface area contributed by atoms with Crippen LogP contribution in [0.25, 0.3) is 0 Å². The Morgan fingerprint density at radius 2 is 1.79 bits per heavy atom. The van der Waals surface area contributed by atoms with Crippen LogP contribution >= 0.6 is 12.2 Å². The van der Waals surface area contributed by atoms with Gasteiger partial charge in [-0.05, 0) is 73.1 Å². The molecule has 8 heteroatoms. The Balaban J connectivity index is 1.85. The number of anilines is 1. The lowest BCUT2D eigenvalue weighted by molar-refractivity contribution is 0.0977. The monoisotopic (exact) mass is 419 g/mol. The predicted octanol–water partition coefficient (Wildman–Crippen LogP) is 3.48. The third-order valence-corrected chi connectivity index (χ3v) is 5.09. The summed E-state index contributed by atoms with van der Waals surface area (Å²) in [4.78, 5) is 13.0. The molecule has 0 aliphatic carbocycles. The van der Waals surface area contributed by atoms with Gasteiger partial charge in [-0.3, -0.25) is 10.1 Å². The molecule has 28 heavy (non-hydrogen) atoms. The fourth-order valence-corrected chi connectivity index (χ4v) is 3.06. The molecule has 0 radical (unpaired) electrons. The van der Waals surface area contributed by atoms with Crippen LogP contribution in [0.15, 0.2) is 53.4 Å². The average molecular weight is 420 g/mol. The number of amides is 1. The van der Waals surface area contributed by atoms with Crippen LogP contribution in [0.2, 0.25) is 0 Å². The summed E-state index contributed by atoms with van der Waals surface area (Å²) in [7, 11) is 1.62. The van der Waals surface area contributed by atoms with Gasteiger partial charge in [-0.15, -0.1) is 4.72 Å². The number of thiocarbonyl (C=S) groups is 1. The van der Waals surface area contributed by atoms with Crippen molar-refractivity contribution in [2.45, 2.75) is 25.2 Å². The number of benzene rings is 2. The van der Waals surface area contributed by atoms with Crippen LogP contribution in [-0.4, -0.2) is 29.2 Å². The molecule has 150 valence electrons. The second-order valence-corrected chi connectivity index (χ2v) is 8.29. The normalized spacial score (nSPS) is 11.8. The van der Waals surface area contributed by atoms with Gasteiger partial charge < -0.3 is 14.6 Å². The molecule has 0 aliphatic heterocycles. The quantitative estimate of drug-likeness (QED) is 0.449. The average Bonchev–Trinajstić information content (AvgIpc) is 2.68. The molecule has 0 spiro atoms. The molecule has 2 rings (SSSR count). The van der Waals surface area contributed by atoms with Crippen molar-refractivity contribution in [1.29, 1.82) is 0 Å². The fraction of sp³-hybridized carbons (Fsp3) is 0.300. The van der Waals surface area contributed by atoms with E-state index < -0.39 is 11.4 Å². The van der Waals surface area contributed by atoms with Crippen molar-refractivity contribution in [2.24, 2.45) is 5.92 Å². The molecule has 0 aromatic heterocycles. The number of carbonyl (C=O) groups is 1. The molecule has 0 saturated carbocycles. The lowest BCUT2D eigenvalue weighted by Crippen LogP contribution is -2.34. The van der Waals surface area contributed by atoms with E-state index in [1.807, 2.05) is 0 Å². The second kappa shape index (κ2) is 11.0. The van der Waals surface area contributed by atoms with Crippen molar-refractivity contribution in [3.63, 3.8) is 0 Å². The minimum atomic E-state index is -1.24. The number of nitrogens with one attached hydrogen (secondary N) is 3. The zero-order valence-corrected chi connectivity index (χ0v) is 17.8. The summed E-state index contributed by atoms with van der Waals surface area (Å²) >= 11 is 3.94. The molecule has 2 aromatic rings. The van der Waals surface area contributed by atoms with Gasteiger partial charge in [-0.25, -0.2) is 0 Å². The van der Waals surface area contributed by atoms with E-state index in [0.29, 0.717) is 28.7 Å². The minimum absolute atomic E-state index is 0.185. The van der Waals surface area contributed by atoms with Gasteiger partial charge in [0.2, 0.25) is 0 Å². The number of rotatable bonds is 8. The second-order valence-electron chi connectivity index (χ2n) is 6.46. The van der Waals surface area contributed by atoms with Gasteiger partial charge in [0.25, 0.3) is 5.91 Å². The Hall–Kier alpha value is -2.13. The molecular weight excluding hydrogens is 394 g/mol. The summed E-state index contributed by atoms with van der Waals surface area (Å²) in [6.45, 7) is 4.94. The van der Waals surface area contributed by atoms with Crippen LogP contribution < -0.4 is 20.1 Å². The molecule has 6 nitrogen and oxygen atoms in total. The highest BCUT2D eigenvalue weighted by Gasteiger charge is 2.10. The first kappa shape index (κ1) is 22.2. The predicted molar refractivity (Wildman–Crippen MR) is 117 cm³/mol. The summed E-state index contributed by atoms with van der Waals surface area (Å²) < 4.78 is 20.0. The largest absolute Gasteiger partial charge is 0.593 e. The molecule has 0 heterocycles. The van der Waals surface area contributed by atoms with E-state index in [1.54, 1.807) is 55.6 Å². The van der Waals surface area contributed by atoms with Gasteiger partial charge >= 0.3 is 0 Å². The fourth-order valence-electron chi connectivity index (χ4n) is 2.23.